The van der Waals surface area contributed by atoms with Crippen molar-refractivity contribution in [3.05, 3.63) is 34.3 Å². The van der Waals surface area contributed by atoms with Gasteiger partial charge in [0.15, 0.2) is 0 Å². The van der Waals surface area contributed by atoms with Gasteiger partial charge < -0.3 is 4.84 Å². The molecule has 0 aliphatic carbocycles. The fourth-order valence-electron chi connectivity index (χ4n) is 1.33. The van der Waals surface area contributed by atoms with Gasteiger partial charge in [-0.25, -0.2) is 4.39 Å². The molecule has 1 rings (SSSR count). The first kappa shape index (κ1) is 11.4. The molecule has 0 radical (unpaired) electrons. The summed E-state index contributed by atoms with van der Waals surface area (Å²) in [4.78, 5) is 4.70. The van der Waals surface area contributed by atoms with E-state index in [1.54, 1.807) is 12.1 Å². The molecule has 4 heteroatoms. The van der Waals surface area contributed by atoms with E-state index < -0.39 is 6.17 Å². The standard InChI is InChI=1S/C10H13ClFNO/c1-7(12)10-8(6-13-14-2)4-3-5-9(10)11/h3-5,7,13H,6H2,1-2H3. The average molecular weight is 218 g/mol. The summed E-state index contributed by atoms with van der Waals surface area (Å²) in [7, 11) is 1.52. The second-order valence-electron chi connectivity index (χ2n) is 2.95. The van der Waals surface area contributed by atoms with Crippen LogP contribution in [-0.2, 0) is 11.4 Å². The van der Waals surface area contributed by atoms with Crippen LogP contribution in [0.5, 0.6) is 0 Å². The molecule has 14 heavy (non-hydrogen) atoms. The van der Waals surface area contributed by atoms with Crippen LogP contribution in [0, 0.1) is 0 Å². The summed E-state index contributed by atoms with van der Waals surface area (Å²) in [6.45, 7) is 1.91. The fourth-order valence-corrected chi connectivity index (χ4v) is 1.68. The molecule has 78 valence electrons. The highest BCUT2D eigenvalue weighted by Crippen LogP contribution is 2.28. The zero-order chi connectivity index (χ0) is 10.6. The molecule has 1 N–H and O–H groups in total. The van der Waals surface area contributed by atoms with E-state index in [0.717, 1.165) is 5.56 Å². The zero-order valence-corrected chi connectivity index (χ0v) is 8.94. The molecule has 1 aromatic rings. The summed E-state index contributed by atoms with van der Waals surface area (Å²) in [5, 5.41) is 0.454. The number of benzene rings is 1. The van der Waals surface area contributed by atoms with Crippen LogP contribution in [-0.4, -0.2) is 7.11 Å². The van der Waals surface area contributed by atoms with Gasteiger partial charge in [-0.05, 0) is 18.6 Å². The van der Waals surface area contributed by atoms with Gasteiger partial charge in [-0.1, -0.05) is 23.7 Å². The lowest BCUT2D eigenvalue weighted by molar-refractivity contribution is 0.0863. The second kappa shape index (κ2) is 5.29. The minimum Gasteiger partial charge on any atom is -0.305 e. The van der Waals surface area contributed by atoms with Crippen molar-refractivity contribution in [2.45, 2.75) is 19.6 Å². The Labute approximate surface area is 88.0 Å². The van der Waals surface area contributed by atoms with Crippen molar-refractivity contribution in [1.82, 2.24) is 5.48 Å². The molecule has 1 atom stereocenters. The quantitative estimate of drug-likeness (QED) is 0.783. The van der Waals surface area contributed by atoms with Crippen molar-refractivity contribution in [2.24, 2.45) is 0 Å². The van der Waals surface area contributed by atoms with E-state index in [4.69, 9.17) is 16.4 Å². The van der Waals surface area contributed by atoms with Crippen LogP contribution in [0.1, 0.15) is 24.2 Å². The smallest absolute Gasteiger partial charge is 0.124 e. The van der Waals surface area contributed by atoms with E-state index in [2.05, 4.69) is 5.48 Å². The molecule has 1 aromatic carbocycles. The van der Waals surface area contributed by atoms with Gasteiger partial charge in [-0.15, -0.1) is 0 Å². The number of nitrogens with one attached hydrogen (secondary N) is 1. The molecule has 0 spiro atoms. The van der Waals surface area contributed by atoms with Crippen molar-refractivity contribution < 1.29 is 9.23 Å². The monoisotopic (exact) mass is 217 g/mol. The maximum absolute atomic E-state index is 13.2. The molecule has 0 fully saturated rings. The predicted molar refractivity (Wildman–Crippen MR) is 54.8 cm³/mol. The molecule has 1 unspecified atom stereocenters. The van der Waals surface area contributed by atoms with Crippen LogP contribution in [0.4, 0.5) is 4.39 Å². The Kier molecular flexibility index (Phi) is 4.32. The van der Waals surface area contributed by atoms with Gasteiger partial charge in [0.1, 0.15) is 6.17 Å². The lowest BCUT2D eigenvalue weighted by Crippen LogP contribution is -2.12. The third kappa shape index (κ3) is 2.67. The summed E-state index contributed by atoms with van der Waals surface area (Å²) in [5.41, 5.74) is 4.00. The van der Waals surface area contributed by atoms with E-state index in [1.807, 2.05) is 6.07 Å². The molecule has 0 saturated heterocycles. The third-order valence-corrected chi connectivity index (χ3v) is 2.28. The summed E-state index contributed by atoms with van der Waals surface area (Å²) < 4.78 is 13.2. The molecule has 0 bridgehead atoms. The first-order chi connectivity index (χ1) is 6.66. The molecular formula is C10H13ClFNO. The number of hydrogen-bond acceptors (Lipinski definition) is 2. The summed E-state index contributed by atoms with van der Waals surface area (Å²) in [6.07, 6.45) is -1.07. The third-order valence-electron chi connectivity index (χ3n) is 1.95. The maximum Gasteiger partial charge on any atom is 0.124 e. The molecule has 0 aromatic heterocycles. The Morgan fingerprint density at radius 2 is 2.29 bits per heavy atom. The van der Waals surface area contributed by atoms with Crippen LogP contribution < -0.4 is 5.48 Å². The molecule has 0 saturated carbocycles. The highest BCUT2D eigenvalue weighted by Gasteiger charge is 2.12. The van der Waals surface area contributed by atoms with Crippen LogP contribution in [0.2, 0.25) is 5.02 Å². The molecule has 0 aliphatic heterocycles. The van der Waals surface area contributed by atoms with E-state index in [1.165, 1.54) is 14.0 Å². The van der Waals surface area contributed by atoms with Crippen molar-refractivity contribution in [1.29, 1.82) is 0 Å². The van der Waals surface area contributed by atoms with Gasteiger partial charge in [-0.3, -0.25) is 0 Å². The van der Waals surface area contributed by atoms with Crippen molar-refractivity contribution in [2.75, 3.05) is 7.11 Å². The lowest BCUT2D eigenvalue weighted by atomic mass is 10.0. The molecule has 2 nitrogen and oxygen atoms in total. The van der Waals surface area contributed by atoms with Crippen molar-refractivity contribution >= 4 is 11.6 Å². The predicted octanol–water partition coefficient (Wildman–Crippen LogP) is 3.02. The van der Waals surface area contributed by atoms with Crippen LogP contribution in [0.3, 0.4) is 0 Å². The Hall–Kier alpha value is -0.640. The SMILES string of the molecule is CONCc1cccc(Cl)c1C(C)F. The minimum absolute atomic E-state index is 0.445. The number of hydroxylamine groups is 1. The van der Waals surface area contributed by atoms with Crippen LogP contribution in [0.15, 0.2) is 18.2 Å². The first-order valence-corrected chi connectivity index (χ1v) is 4.71. The van der Waals surface area contributed by atoms with E-state index in [-0.39, 0.29) is 0 Å². The molecule has 0 amide bonds. The number of halogens is 2. The second-order valence-corrected chi connectivity index (χ2v) is 3.36. The van der Waals surface area contributed by atoms with Crippen LogP contribution in [0.25, 0.3) is 0 Å². The van der Waals surface area contributed by atoms with Gasteiger partial charge in [-0.2, -0.15) is 5.48 Å². The topological polar surface area (TPSA) is 21.3 Å². The average Bonchev–Trinajstić information content (AvgIpc) is 2.14. The van der Waals surface area contributed by atoms with E-state index >= 15 is 0 Å². The maximum atomic E-state index is 13.2. The van der Waals surface area contributed by atoms with Gasteiger partial charge in [0.25, 0.3) is 0 Å². The van der Waals surface area contributed by atoms with E-state index in [0.29, 0.717) is 17.1 Å². The van der Waals surface area contributed by atoms with Gasteiger partial charge in [0, 0.05) is 17.1 Å². The zero-order valence-electron chi connectivity index (χ0n) is 8.18. The molecule has 0 heterocycles. The van der Waals surface area contributed by atoms with Gasteiger partial charge in [0.05, 0.1) is 7.11 Å². The Morgan fingerprint density at radius 1 is 1.57 bits per heavy atom. The number of hydrogen-bond donors (Lipinski definition) is 1. The summed E-state index contributed by atoms with van der Waals surface area (Å²) >= 11 is 5.89. The molecule has 0 aliphatic rings. The van der Waals surface area contributed by atoms with Crippen LogP contribution >= 0.6 is 11.6 Å². The largest absolute Gasteiger partial charge is 0.305 e. The normalized spacial score (nSPS) is 12.9. The first-order valence-electron chi connectivity index (χ1n) is 4.34. The van der Waals surface area contributed by atoms with Gasteiger partial charge >= 0.3 is 0 Å². The fraction of sp³-hybridized carbons (Fsp3) is 0.400. The van der Waals surface area contributed by atoms with E-state index in [9.17, 15) is 4.39 Å². The Bertz CT molecular complexity index is 304. The van der Waals surface area contributed by atoms with Crippen molar-refractivity contribution in [3.8, 4) is 0 Å². The molecular weight excluding hydrogens is 205 g/mol. The number of rotatable bonds is 4. The van der Waals surface area contributed by atoms with Gasteiger partial charge in [0.2, 0.25) is 0 Å². The van der Waals surface area contributed by atoms with Crippen molar-refractivity contribution in [3.63, 3.8) is 0 Å². The highest BCUT2D eigenvalue weighted by atomic mass is 35.5. The Balaban J connectivity index is 2.96. The summed E-state index contributed by atoms with van der Waals surface area (Å²) in [6, 6.07) is 5.30. The lowest BCUT2D eigenvalue weighted by Gasteiger charge is -2.12. The highest BCUT2D eigenvalue weighted by molar-refractivity contribution is 6.31. The minimum atomic E-state index is -1.07. The number of alkyl halides is 1. The Morgan fingerprint density at radius 3 is 2.86 bits per heavy atom. The summed E-state index contributed by atoms with van der Waals surface area (Å²) in [5.74, 6) is 0.